The predicted octanol–water partition coefficient (Wildman–Crippen LogP) is 0.583. The van der Waals surface area contributed by atoms with Gasteiger partial charge in [-0.15, -0.1) is 0 Å². The van der Waals surface area contributed by atoms with E-state index in [9.17, 15) is 9.59 Å². The third-order valence-electron chi connectivity index (χ3n) is 2.74. The first-order chi connectivity index (χ1) is 7.77. The summed E-state index contributed by atoms with van der Waals surface area (Å²) in [6, 6.07) is 1.89. The number of hydrogen-bond acceptors (Lipinski definition) is 3. The van der Waals surface area contributed by atoms with Gasteiger partial charge in [0.2, 0.25) is 5.91 Å². The van der Waals surface area contributed by atoms with Crippen LogP contribution < -0.4 is 5.73 Å². The normalized spacial score (nSPS) is 14.6. The van der Waals surface area contributed by atoms with Crippen LogP contribution in [0.4, 0.5) is 0 Å². The van der Waals surface area contributed by atoms with E-state index in [-0.39, 0.29) is 12.5 Å². The molecule has 1 aromatic rings. The lowest BCUT2D eigenvalue weighted by atomic mass is 9.85. The molecule has 6 heteroatoms. The number of carboxylic acid groups (broad SMARTS) is 1. The summed E-state index contributed by atoms with van der Waals surface area (Å²) in [5.74, 6) is -2.09. The zero-order valence-electron chi connectivity index (χ0n) is 10.2. The number of aromatic nitrogens is 2. The Labute approximate surface area is 99.4 Å². The molecule has 3 N–H and O–H groups in total. The lowest BCUT2D eigenvalue weighted by molar-refractivity contribution is -0.153. The average Bonchev–Trinajstić information content (AvgIpc) is 2.65. The van der Waals surface area contributed by atoms with Crippen LogP contribution in [0.5, 0.6) is 0 Å². The molecule has 0 aromatic carbocycles. The number of aliphatic carboxylic acids is 1. The molecule has 0 fully saturated rings. The molecule has 1 heterocycles. The zero-order valence-corrected chi connectivity index (χ0v) is 10.2. The molecule has 0 saturated heterocycles. The first-order valence-electron chi connectivity index (χ1n) is 5.34. The van der Waals surface area contributed by atoms with Crippen LogP contribution in [0.2, 0.25) is 0 Å². The number of carbonyl (C=O) groups excluding carboxylic acids is 1. The minimum Gasteiger partial charge on any atom is -0.480 e. The Balaban J connectivity index is 2.95. The Morgan fingerprint density at radius 2 is 2.18 bits per heavy atom. The molecule has 1 rings (SSSR count). The summed E-state index contributed by atoms with van der Waals surface area (Å²) < 4.78 is 1.71. The van der Waals surface area contributed by atoms with Gasteiger partial charge in [0.25, 0.3) is 0 Å². The summed E-state index contributed by atoms with van der Waals surface area (Å²) in [5.41, 5.74) is 4.06. The molecule has 94 valence electrons. The summed E-state index contributed by atoms with van der Waals surface area (Å²) in [6.45, 7) is 5.23. The van der Waals surface area contributed by atoms with Gasteiger partial charge in [-0.2, -0.15) is 5.10 Å². The standard InChI is InChI=1S/C11H17N3O3/c1-7(2)14-5-4-8(13-14)6-11(3,9(12)15)10(16)17/h4-5,7H,6H2,1-3H3,(H2,12,15)(H,16,17). The maximum atomic E-state index is 11.2. The molecule has 6 nitrogen and oxygen atoms in total. The molecule has 0 radical (unpaired) electrons. The van der Waals surface area contributed by atoms with Crippen LogP contribution in [0, 0.1) is 5.41 Å². The summed E-state index contributed by atoms with van der Waals surface area (Å²) in [6.07, 6.45) is 1.75. The highest BCUT2D eigenvalue weighted by Crippen LogP contribution is 2.22. The van der Waals surface area contributed by atoms with Gasteiger partial charge in [-0.3, -0.25) is 14.3 Å². The van der Waals surface area contributed by atoms with E-state index < -0.39 is 17.3 Å². The molecule has 0 aliphatic carbocycles. The molecule has 0 aliphatic heterocycles. The van der Waals surface area contributed by atoms with E-state index in [0.717, 1.165) is 0 Å². The van der Waals surface area contributed by atoms with Crippen molar-refractivity contribution in [1.29, 1.82) is 0 Å². The highest BCUT2D eigenvalue weighted by Gasteiger charge is 2.40. The lowest BCUT2D eigenvalue weighted by Gasteiger charge is -2.19. The molecule has 1 unspecified atom stereocenters. The topological polar surface area (TPSA) is 98.2 Å². The Hall–Kier alpha value is -1.85. The van der Waals surface area contributed by atoms with Gasteiger partial charge in [-0.05, 0) is 26.8 Å². The van der Waals surface area contributed by atoms with Gasteiger partial charge >= 0.3 is 5.97 Å². The van der Waals surface area contributed by atoms with E-state index in [1.165, 1.54) is 6.92 Å². The van der Waals surface area contributed by atoms with E-state index in [2.05, 4.69) is 5.10 Å². The van der Waals surface area contributed by atoms with E-state index in [0.29, 0.717) is 5.69 Å². The zero-order chi connectivity index (χ0) is 13.2. The largest absolute Gasteiger partial charge is 0.480 e. The van der Waals surface area contributed by atoms with Crippen molar-refractivity contribution in [1.82, 2.24) is 9.78 Å². The summed E-state index contributed by atoms with van der Waals surface area (Å²) in [4.78, 5) is 22.3. The molecule has 0 spiro atoms. The van der Waals surface area contributed by atoms with Crippen molar-refractivity contribution < 1.29 is 14.7 Å². The van der Waals surface area contributed by atoms with Crippen LogP contribution in [-0.4, -0.2) is 26.8 Å². The smallest absolute Gasteiger partial charge is 0.319 e. The number of rotatable bonds is 5. The molecule has 1 aromatic heterocycles. The maximum absolute atomic E-state index is 11.2. The summed E-state index contributed by atoms with van der Waals surface area (Å²) in [5, 5.41) is 13.2. The van der Waals surface area contributed by atoms with Crippen LogP contribution in [0.3, 0.4) is 0 Å². The van der Waals surface area contributed by atoms with Crippen LogP contribution in [0.25, 0.3) is 0 Å². The Bertz CT molecular complexity index is 423. The van der Waals surface area contributed by atoms with E-state index in [4.69, 9.17) is 10.8 Å². The van der Waals surface area contributed by atoms with Crippen molar-refractivity contribution in [3.63, 3.8) is 0 Å². The predicted molar refractivity (Wildman–Crippen MR) is 61.3 cm³/mol. The van der Waals surface area contributed by atoms with Crippen molar-refractivity contribution in [2.75, 3.05) is 0 Å². The SMILES string of the molecule is CC(C)n1ccc(CC(C)(C(N)=O)C(=O)O)n1. The second-order valence-electron chi connectivity index (χ2n) is 4.56. The Morgan fingerprint density at radius 1 is 1.59 bits per heavy atom. The first kappa shape index (κ1) is 13.2. The van der Waals surface area contributed by atoms with Crippen molar-refractivity contribution >= 4 is 11.9 Å². The van der Waals surface area contributed by atoms with Crippen LogP contribution in [0.15, 0.2) is 12.3 Å². The molecular weight excluding hydrogens is 222 g/mol. The van der Waals surface area contributed by atoms with Crippen molar-refractivity contribution in [2.45, 2.75) is 33.2 Å². The number of nitrogens with zero attached hydrogens (tertiary/aromatic N) is 2. The van der Waals surface area contributed by atoms with Gasteiger partial charge in [0, 0.05) is 18.7 Å². The number of primary amides is 1. The van der Waals surface area contributed by atoms with Crippen LogP contribution in [-0.2, 0) is 16.0 Å². The number of carbonyl (C=O) groups is 2. The Morgan fingerprint density at radius 3 is 2.53 bits per heavy atom. The third-order valence-corrected chi connectivity index (χ3v) is 2.74. The molecule has 17 heavy (non-hydrogen) atoms. The average molecular weight is 239 g/mol. The van der Waals surface area contributed by atoms with Gasteiger partial charge in [-0.1, -0.05) is 0 Å². The minimum atomic E-state index is -1.61. The second kappa shape index (κ2) is 4.57. The molecule has 1 amide bonds. The Kier molecular flexibility index (Phi) is 3.55. The fraction of sp³-hybridized carbons (Fsp3) is 0.545. The first-order valence-corrected chi connectivity index (χ1v) is 5.34. The van der Waals surface area contributed by atoms with Gasteiger partial charge in [0.15, 0.2) is 0 Å². The van der Waals surface area contributed by atoms with Crippen LogP contribution >= 0.6 is 0 Å². The monoisotopic (exact) mass is 239 g/mol. The minimum absolute atomic E-state index is 0.00259. The third kappa shape index (κ3) is 2.64. The maximum Gasteiger partial charge on any atom is 0.319 e. The quantitative estimate of drug-likeness (QED) is 0.734. The number of hydrogen-bond donors (Lipinski definition) is 2. The van der Waals surface area contributed by atoms with Crippen molar-refractivity contribution in [3.05, 3.63) is 18.0 Å². The highest BCUT2D eigenvalue weighted by atomic mass is 16.4. The van der Waals surface area contributed by atoms with Gasteiger partial charge in [0.05, 0.1) is 5.69 Å². The fourth-order valence-electron chi connectivity index (χ4n) is 1.39. The fourth-order valence-corrected chi connectivity index (χ4v) is 1.39. The summed E-state index contributed by atoms with van der Waals surface area (Å²) in [7, 11) is 0. The van der Waals surface area contributed by atoms with Gasteiger partial charge in [0.1, 0.15) is 5.41 Å². The lowest BCUT2D eigenvalue weighted by Crippen LogP contribution is -2.43. The highest BCUT2D eigenvalue weighted by molar-refractivity contribution is 6.00. The summed E-state index contributed by atoms with van der Waals surface area (Å²) >= 11 is 0. The second-order valence-corrected chi connectivity index (χ2v) is 4.56. The van der Waals surface area contributed by atoms with E-state index >= 15 is 0 Å². The molecule has 0 saturated carbocycles. The number of nitrogens with two attached hydrogens (primary N) is 1. The van der Waals surface area contributed by atoms with Crippen molar-refractivity contribution in [3.8, 4) is 0 Å². The van der Waals surface area contributed by atoms with E-state index in [1.54, 1.807) is 16.9 Å². The van der Waals surface area contributed by atoms with E-state index in [1.807, 2.05) is 13.8 Å². The van der Waals surface area contributed by atoms with Crippen molar-refractivity contribution in [2.24, 2.45) is 11.1 Å². The van der Waals surface area contributed by atoms with Gasteiger partial charge < -0.3 is 10.8 Å². The van der Waals surface area contributed by atoms with Crippen LogP contribution in [0.1, 0.15) is 32.5 Å². The molecule has 0 aliphatic rings. The van der Waals surface area contributed by atoms with Gasteiger partial charge in [-0.25, -0.2) is 0 Å². The molecule has 0 bridgehead atoms. The number of carboxylic acids is 1. The molecular formula is C11H17N3O3. The molecule has 1 atom stereocenters. The number of amides is 1.